The molecule has 25 heavy (non-hydrogen) atoms. The Kier molecular flexibility index (Phi) is 5.55. The number of fused-ring (bicyclic) bond motifs is 1. The molecule has 1 aromatic heterocycles. The Morgan fingerprint density at radius 1 is 1.20 bits per heavy atom. The summed E-state index contributed by atoms with van der Waals surface area (Å²) in [5, 5.41) is 2.92. The van der Waals surface area contributed by atoms with Crippen LogP contribution in [0.4, 0.5) is 0 Å². The predicted molar refractivity (Wildman–Crippen MR) is 94.5 cm³/mol. The maximum Gasteiger partial charge on any atom is 0.419 e. The van der Waals surface area contributed by atoms with Crippen LogP contribution < -0.4 is 11.1 Å². The number of nitrogens with one attached hydrogen (secondary N) is 1. The number of aryl methyl sites for hydroxylation is 1. The van der Waals surface area contributed by atoms with Gasteiger partial charge >= 0.3 is 5.76 Å². The summed E-state index contributed by atoms with van der Waals surface area (Å²) in [6.45, 7) is 7.61. The third kappa shape index (κ3) is 4.49. The van der Waals surface area contributed by atoms with Gasteiger partial charge in [-0.15, -0.1) is 0 Å². The molecule has 1 aromatic carbocycles. The highest BCUT2D eigenvalue weighted by Crippen LogP contribution is 2.12. The van der Waals surface area contributed by atoms with Crippen molar-refractivity contribution in [3.05, 3.63) is 34.8 Å². The lowest BCUT2D eigenvalue weighted by Gasteiger charge is -2.35. The van der Waals surface area contributed by atoms with Gasteiger partial charge in [0.05, 0.1) is 17.7 Å². The fourth-order valence-electron chi connectivity index (χ4n) is 3.35. The van der Waals surface area contributed by atoms with Crippen LogP contribution >= 0.6 is 0 Å². The van der Waals surface area contributed by atoms with Crippen molar-refractivity contribution in [1.82, 2.24) is 14.8 Å². The molecule has 1 fully saturated rings. The number of oxazole rings is 1. The molecular weight excluding hydrogens is 322 g/mol. The summed E-state index contributed by atoms with van der Waals surface area (Å²) >= 11 is 0. The Labute approximate surface area is 146 Å². The lowest BCUT2D eigenvalue weighted by atomic mass is 10.2. The minimum absolute atomic E-state index is 0.0634. The second-order valence-electron chi connectivity index (χ2n) is 6.60. The summed E-state index contributed by atoms with van der Waals surface area (Å²) in [6.07, 6.45) is 0.695. The predicted octanol–water partition coefficient (Wildman–Crippen LogP) is 1.21. The third-order valence-corrected chi connectivity index (χ3v) is 4.38. The van der Waals surface area contributed by atoms with Gasteiger partial charge in [-0.25, -0.2) is 4.79 Å². The van der Waals surface area contributed by atoms with Crippen LogP contribution in [-0.2, 0) is 16.1 Å². The van der Waals surface area contributed by atoms with Crippen LogP contribution in [0.5, 0.6) is 0 Å². The highest BCUT2D eigenvalue weighted by molar-refractivity contribution is 5.76. The first-order chi connectivity index (χ1) is 12.0. The first-order valence-corrected chi connectivity index (χ1v) is 8.76. The van der Waals surface area contributed by atoms with Gasteiger partial charge in [-0.3, -0.25) is 14.3 Å². The Morgan fingerprint density at radius 3 is 2.68 bits per heavy atom. The van der Waals surface area contributed by atoms with Crippen molar-refractivity contribution in [3.63, 3.8) is 0 Å². The normalized spacial score (nSPS) is 21.5. The standard InChI is InChI=1S/C18H25N3O4/c1-13-11-20(12-14(2)24-13)10-8-19-17(22)7-9-21-15-5-3-4-6-16(15)25-18(21)23/h3-6,13-14H,7-12H2,1-2H3,(H,19,22). The van der Waals surface area contributed by atoms with E-state index in [0.717, 1.165) is 25.2 Å². The number of morpholine rings is 1. The molecule has 7 heteroatoms. The molecule has 1 saturated heterocycles. The molecule has 0 radical (unpaired) electrons. The van der Waals surface area contributed by atoms with Crippen LogP contribution in [0.1, 0.15) is 20.3 Å². The van der Waals surface area contributed by atoms with Gasteiger partial charge in [0.25, 0.3) is 0 Å². The zero-order valence-electron chi connectivity index (χ0n) is 14.7. The molecule has 0 bridgehead atoms. The lowest BCUT2D eigenvalue weighted by molar-refractivity contribution is -0.121. The molecule has 2 aromatic rings. The van der Waals surface area contributed by atoms with Gasteiger partial charge in [0, 0.05) is 39.1 Å². The summed E-state index contributed by atoms with van der Waals surface area (Å²) in [6, 6.07) is 7.23. The van der Waals surface area contributed by atoms with E-state index in [1.165, 1.54) is 4.57 Å². The van der Waals surface area contributed by atoms with Crippen LogP contribution in [0, 0.1) is 0 Å². The fraction of sp³-hybridized carbons (Fsp3) is 0.556. The second-order valence-corrected chi connectivity index (χ2v) is 6.60. The summed E-state index contributed by atoms with van der Waals surface area (Å²) in [5.74, 6) is -0.489. The van der Waals surface area contributed by atoms with Crippen LogP contribution in [0.2, 0.25) is 0 Å². The average molecular weight is 347 g/mol. The average Bonchev–Trinajstić information content (AvgIpc) is 2.87. The number of rotatable bonds is 6. The highest BCUT2D eigenvalue weighted by Gasteiger charge is 2.21. The zero-order valence-corrected chi connectivity index (χ0v) is 14.7. The van der Waals surface area contributed by atoms with Crippen molar-refractivity contribution in [2.45, 2.75) is 39.0 Å². The maximum absolute atomic E-state index is 12.1. The Hall–Kier alpha value is -2.12. The number of hydrogen-bond donors (Lipinski definition) is 1. The van der Waals surface area contributed by atoms with Gasteiger partial charge in [-0.2, -0.15) is 0 Å². The van der Waals surface area contributed by atoms with Gasteiger partial charge in [0.2, 0.25) is 5.91 Å². The van der Waals surface area contributed by atoms with E-state index in [0.29, 0.717) is 18.7 Å². The number of carbonyl (C=O) groups excluding carboxylic acids is 1. The number of benzene rings is 1. The molecule has 0 saturated carbocycles. The molecule has 136 valence electrons. The summed E-state index contributed by atoms with van der Waals surface area (Å²) < 4.78 is 12.4. The quantitative estimate of drug-likeness (QED) is 0.850. The Morgan fingerprint density at radius 2 is 1.92 bits per heavy atom. The van der Waals surface area contributed by atoms with Crippen LogP contribution in [0.15, 0.2) is 33.5 Å². The van der Waals surface area contributed by atoms with Crippen molar-refractivity contribution in [1.29, 1.82) is 0 Å². The summed E-state index contributed by atoms with van der Waals surface area (Å²) in [4.78, 5) is 26.2. The highest BCUT2D eigenvalue weighted by atomic mass is 16.5. The fourth-order valence-corrected chi connectivity index (χ4v) is 3.35. The molecule has 7 nitrogen and oxygen atoms in total. The van der Waals surface area contributed by atoms with E-state index in [2.05, 4.69) is 24.1 Å². The van der Waals surface area contributed by atoms with E-state index >= 15 is 0 Å². The topological polar surface area (TPSA) is 76.7 Å². The van der Waals surface area contributed by atoms with E-state index in [4.69, 9.17) is 9.15 Å². The number of hydrogen-bond acceptors (Lipinski definition) is 5. The SMILES string of the molecule is CC1CN(CCNC(=O)CCn2c(=O)oc3ccccc32)CC(C)O1. The minimum Gasteiger partial charge on any atom is -0.408 e. The molecule has 1 aliphatic rings. The van der Waals surface area contributed by atoms with E-state index in [1.54, 1.807) is 6.07 Å². The molecule has 0 spiro atoms. The molecule has 2 unspecified atom stereocenters. The maximum atomic E-state index is 12.1. The van der Waals surface area contributed by atoms with Gasteiger partial charge in [0.1, 0.15) is 0 Å². The van der Waals surface area contributed by atoms with Crippen LogP contribution in [0.3, 0.4) is 0 Å². The largest absolute Gasteiger partial charge is 0.419 e. The first-order valence-electron chi connectivity index (χ1n) is 8.76. The van der Waals surface area contributed by atoms with Crippen molar-refractivity contribution in [3.8, 4) is 0 Å². The van der Waals surface area contributed by atoms with Crippen molar-refractivity contribution in [2.75, 3.05) is 26.2 Å². The summed E-state index contributed by atoms with van der Waals surface area (Å²) in [7, 11) is 0. The monoisotopic (exact) mass is 347 g/mol. The van der Waals surface area contributed by atoms with Crippen molar-refractivity contribution in [2.24, 2.45) is 0 Å². The van der Waals surface area contributed by atoms with Crippen LogP contribution in [0.25, 0.3) is 11.1 Å². The van der Waals surface area contributed by atoms with Gasteiger partial charge in [-0.1, -0.05) is 12.1 Å². The molecule has 2 atom stereocenters. The van der Waals surface area contributed by atoms with Crippen molar-refractivity contribution < 1.29 is 13.9 Å². The van der Waals surface area contributed by atoms with E-state index in [-0.39, 0.29) is 24.5 Å². The molecular formula is C18H25N3O4. The smallest absolute Gasteiger partial charge is 0.408 e. The number of ether oxygens (including phenoxy) is 1. The number of para-hydroxylation sites is 2. The van der Waals surface area contributed by atoms with Gasteiger partial charge < -0.3 is 14.5 Å². The first kappa shape index (κ1) is 17.7. The molecule has 1 aliphatic heterocycles. The van der Waals surface area contributed by atoms with Gasteiger partial charge in [-0.05, 0) is 26.0 Å². The number of carbonyl (C=O) groups is 1. The zero-order chi connectivity index (χ0) is 17.8. The number of amides is 1. The van der Waals surface area contributed by atoms with E-state index < -0.39 is 5.76 Å². The Bertz CT molecular complexity index is 772. The molecule has 3 rings (SSSR count). The minimum atomic E-state index is -0.426. The number of aromatic nitrogens is 1. The number of nitrogens with zero attached hydrogens (tertiary/aromatic N) is 2. The summed E-state index contributed by atoms with van der Waals surface area (Å²) in [5.41, 5.74) is 1.26. The van der Waals surface area contributed by atoms with Gasteiger partial charge in [0.15, 0.2) is 5.58 Å². The molecule has 1 N–H and O–H groups in total. The van der Waals surface area contributed by atoms with E-state index in [1.807, 2.05) is 18.2 Å². The molecule has 0 aliphatic carbocycles. The molecule has 1 amide bonds. The molecule has 2 heterocycles. The van der Waals surface area contributed by atoms with E-state index in [9.17, 15) is 9.59 Å². The second kappa shape index (κ2) is 7.84. The lowest BCUT2D eigenvalue weighted by Crippen LogP contribution is -2.47. The van der Waals surface area contributed by atoms with Crippen molar-refractivity contribution >= 4 is 17.0 Å². The third-order valence-electron chi connectivity index (χ3n) is 4.38. The van der Waals surface area contributed by atoms with Crippen LogP contribution in [-0.4, -0.2) is 53.8 Å². The Balaban J connectivity index is 1.45.